The van der Waals surface area contributed by atoms with Gasteiger partial charge in [0.2, 0.25) is 0 Å². The zero-order valence-electron chi connectivity index (χ0n) is 41.0. The molecule has 0 amide bonds. The van der Waals surface area contributed by atoms with Gasteiger partial charge in [-0.2, -0.15) is 0 Å². The van der Waals surface area contributed by atoms with E-state index < -0.39 is 0 Å². The number of benzene rings is 9. The van der Waals surface area contributed by atoms with Crippen LogP contribution in [0, 0.1) is 13.8 Å². The van der Waals surface area contributed by atoms with Gasteiger partial charge in [-0.3, -0.25) is 0 Å². The molecule has 0 fully saturated rings. The largest absolute Gasteiger partial charge is 0.456 e. The second kappa shape index (κ2) is 16.8. The van der Waals surface area contributed by atoms with E-state index >= 15 is 0 Å². The zero-order chi connectivity index (χ0) is 47.1. The Morgan fingerprint density at radius 2 is 0.706 bits per heavy atom. The summed E-state index contributed by atoms with van der Waals surface area (Å²) < 4.78 is 13.5. The Bertz CT molecular complexity index is 3500. The van der Waals surface area contributed by atoms with E-state index in [0.29, 0.717) is 23.7 Å². The van der Waals surface area contributed by atoms with Crippen molar-refractivity contribution in [3.8, 4) is 0 Å². The van der Waals surface area contributed by atoms with Gasteiger partial charge in [-0.15, -0.1) is 0 Å². The summed E-state index contributed by atoms with van der Waals surface area (Å²) in [5, 5.41) is 8.85. The molecule has 0 saturated heterocycles. The predicted molar refractivity (Wildman–Crippen MR) is 291 cm³/mol. The number of fused-ring (bicyclic) bond motifs is 8. The molecule has 338 valence electrons. The number of hydrogen-bond acceptors (Lipinski definition) is 4. The van der Waals surface area contributed by atoms with E-state index in [4.69, 9.17) is 8.83 Å². The van der Waals surface area contributed by atoms with Gasteiger partial charge in [0.1, 0.15) is 22.3 Å². The Morgan fingerprint density at radius 3 is 1.09 bits per heavy atom. The Balaban J connectivity index is 1.01. The molecule has 11 rings (SSSR count). The Labute approximate surface area is 400 Å². The number of furan rings is 2. The first kappa shape index (κ1) is 43.3. The maximum Gasteiger partial charge on any atom is 0.136 e. The normalized spacial score (nSPS) is 12.2. The summed E-state index contributed by atoms with van der Waals surface area (Å²) in [5.41, 5.74) is 18.3. The Kier molecular flexibility index (Phi) is 10.7. The van der Waals surface area contributed by atoms with Crippen LogP contribution in [-0.2, 0) is 0 Å². The molecule has 2 aromatic heterocycles. The first-order valence-electron chi connectivity index (χ1n) is 24.5. The second-order valence-corrected chi connectivity index (χ2v) is 20.3. The fourth-order valence-electron chi connectivity index (χ4n) is 10.4. The van der Waals surface area contributed by atoms with E-state index in [-0.39, 0.29) is 0 Å². The molecule has 68 heavy (non-hydrogen) atoms. The lowest BCUT2D eigenvalue weighted by Crippen LogP contribution is -2.14. The van der Waals surface area contributed by atoms with Crippen molar-refractivity contribution >= 4 is 99.5 Å². The first-order chi connectivity index (χ1) is 32.8. The number of aryl methyl sites for hydroxylation is 2. The van der Waals surface area contributed by atoms with Crippen LogP contribution in [0.15, 0.2) is 167 Å². The lowest BCUT2D eigenvalue weighted by atomic mass is 9.93. The van der Waals surface area contributed by atoms with Crippen LogP contribution in [0.5, 0.6) is 0 Å². The Hall–Kier alpha value is -7.30. The third-order valence-corrected chi connectivity index (χ3v) is 14.3. The van der Waals surface area contributed by atoms with E-state index in [1.54, 1.807) is 0 Å². The van der Waals surface area contributed by atoms with Crippen molar-refractivity contribution in [3.63, 3.8) is 0 Å². The molecule has 4 heteroatoms. The van der Waals surface area contributed by atoms with Gasteiger partial charge in [-0.25, -0.2) is 0 Å². The molecule has 0 saturated carbocycles. The van der Waals surface area contributed by atoms with Crippen molar-refractivity contribution in [3.05, 3.63) is 191 Å². The van der Waals surface area contributed by atoms with Crippen LogP contribution >= 0.6 is 0 Å². The first-order valence-corrected chi connectivity index (χ1v) is 24.5. The molecule has 2 heterocycles. The molecule has 0 bridgehead atoms. The summed E-state index contributed by atoms with van der Waals surface area (Å²) in [6.07, 6.45) is 0. The fourth-order valence-corrected chi connectivity index (χ4v) is 10.4. The molecule has 11 aromatic rings. The summed E-state index contributed by atoms with van der Waals surface area (Å²) in [6, 6.07) is 58.5. The van der Waals surface area contributed by atoms with Gasteiger partial charge >= 0.3 is 0 Å². The summed E-state index contributed by atoms with van der Waals surface area (Å²) in [6.45, 7) is 22.7. The minimum Gasteiger partial charge on any atom is -0.456 e. The van der Waals surface area contributed by atoms with E-state index in [2.05, 4.69) is 237 Å². The van der Waals surface area contributed by atoms with Crippen molar-refractivity contribution in [2.24, 2.45) is 0 Å². The molecule has 0 aliphatic heterocycles. The summed E-state index contributed by atoms with van der Waals surface area (Å²) in [4.78, 5) is 4.88. The average Bonchev–Trinajstić information content (AvgIpc) is 3.85. The van der Waals surface area contributed by atoms with Gasteiger partial charge in [-0.05, 0) is 177 Å². The van der Waals surface area contributed by atoms with Gasteiger partial charge in [0.15, 0.2) is 0 Å². The molecule has 0 unspecified atom stereocenters. The van der Waals surface area contributed by atoms with E-state index in [0.717, 1.165) is 76.8 Å². The molecule has 0 spiro atoms. The van der Waals surface area contributed by atoms with E-state index in [1.807, 2.05) is 0 Å². The maximum absolute atomic E-state index is 6.77. The van der Waals surface area contributed by atoms with E-state index in [9.17, 15) is 0 Å². The van der Waals surface area contributed by atoms with Gasteiger partial charge in [0.25, 0.3) is 0 Å². The monoisotopic (exact) mass is 888 g/mol. The SMILES string of the molecule is Cc1ccccc1N(c1ccc2cc3c(cc2c1)oc1cc2c(cc13)oc1cc3cc(N(c4ccccc4C)c4ccc(C(C)C)cc4C(C)C)ccc3cc12)c1ccc(C(C)C)cc1C(C)C. The fraction of sp³-hybridized carbons (Fsp3) is 0.219. The summed E-state index contributed by atoms with van der Waals surface area (Å²) >= 11 is 0. The number of anilines is 6. The molecule has 4 nitrogen and oxygen atoms in total. The highest BCUT2D eigenvalue weighted by molar-refractivity contribution is 6.18. The highest BCUT2D eigenvalue weighted by atomic mass is 16.3. The molecule has 9 aromatic carbocycles. The topological polar surface area (TPSA) is 32.8 Å². The molecule has 0 aliphatic carbocycles. The predicted octanol–water partition coefficient (Wildman–Crippen LogP) is 19.8. The minimum atomic E-state index is 0.354. The smallest absolute Gasteiger partial charge is 0.136 e. The third kappa shape index (κ3) is 7.38. The van der Waals surface area contributed by atoms with Crippen molar-refractivity contribution in [1.29, 1.82) is 0 Å². The van der Waals surface area contributed by atoms with Crippen molar-refractivity contribution in [2.75, 3.05) is 9.80 Å². The van der Waals surface area contributed by atoms with Crippen molar-refractivity contribution in [1.82, 2.24) is 0 Å². The number of hydrogen-bond donors (Lipinski definition) is 0. The number of rotatable bonds is 10. The quantitative estimate of drug-likeness (QED) is 0.137. The highest BCUT2D eigenvalue weighted by Crippen LogP contribution is 2.46. The maximum atomic E-state index is 6.77. The molecular weight excluding hydrogens is 829 g/mol. The average molecular weight is 889 g/mol. The van der Waals surface area contributed by atoms with Gasteiger partial charge in [-0.1, -0.05) is 128 Å². The Morgan fingerprint density at radius 1 is 0.324 bits per heavy atom. The van der Waals surface area contributed by atoms with Gasteiger partial charge in [0, 0.05) is 55.7 Å². The zero-order valence-corrected chi connectivity index (χ0v) is 41.0. The third-order valence-electron chi connectivity index (χ3n) is 14.3. The second-order valence-electron chi connectivity index (χ2n) is 20.3. The van der Waals surface area contributed by atoms with Crippen molar-refractivity contribution in [2.45, 2.75) is 92.9 Å². The van der Waals surface area contributed by atoms with Crippen LogP contribution in [0.1, 0.15) is 112 Å². The lowest BCUT2D eigenvalue weighted by molar-refractivity contribution is 0.664. The molecule has 0 N–H and O–H groups in total. The summed E-state index contributed by atoms with van der Waals surface area (Å²) in [5.74, 6) is 1.62. The number of para-hydroxylation sites is 2. The molecule has 0 aliphatic rings. The van der Waals surface area contributed by atoms with Crippen LogP contribution < -0.4 is 9.80 Å². The highest BCUT2D eigenvalue weighted by Gasteiger charge is 2.24. The molecule has 0 radical (unpaired) electrons. The van der Waals surface area contributed by atoms with Crippen LogP contribution in [0.2, 0.25) is 0 Å². The van der Waals surface area contributed by atoms with Crippen LogP contribution in [0.4, 0.5) is 34.1 Å². The lowest BCUT2D eigenvalue weighted by Gasteiger charge is -2.31. The van der Waals surface area contributed by atoms with Crippen LogP contribution in [-0.4, -0.2) is 0 Å². The van der Waals surface area contributed by atoms with Crippen LogP contribution in [0.25, 0.3) is 65.4 Å². The molecule has 0 atom stereocenters. The van der Waals surface area contributed by atoms with E-state index in [1.165, 1.54) is 56.1 Å². The van der Waals surface area contributed by atoms with Crippen LogP contribution in [0.3, 0.4) is 0 Å². The molecular formula is C64H60N2O2. The summed E-state index contributed by atoms with van der Waals surface area (Å²) in [7, 11) is 0. The standard InChI is InChI=1S/C64H60N2O2/c1-37(2)43-21-25-59(51(29-43)39(5)6)65(57-17-13-11-15-41(57)9)49-23-19-45-31-53-55-35-64-56(36-63(55)67-61(53)33-47(45)27-49)54-32-46-20-24-50(28-48(46)34-62(54)68-64)66(58-18-14-12-16-42(58)10)60-26-22-44(38(3)4)30-52(60)40(7)8/h11-40H,1-10H3. The van der Waals surface area contributed by atoms with Crippen molar-refractivity contribution < 1.29 is 8.83 Å². The van der Waals surface area contributed by atoms with Gasteiger partial charge in [0.05, 0.1) is 0 Å². The van der Waals surface area contributed by atoms with Gasteiger partial charge < -0.3 is 18.6 Å². The minimum absolute atomic E-state index is 0.354. The number of nitrogens with zero attached hydrogens (tertiary/aromatic N) is 2.